The molecule has 0 aliphatic carbocycles. The number of aromatic nitrogens is 2. The molecule has 0 spiro atoms. The molecule has 0 saturated carbocycles. The van der Waals surface area contributed by atoms with E-state index in [9.17, 15) is 4.79 Å². The fourth-order valence-electron chi connectivity index (χ4n) is 2.63. The molecule has 7 heteroatoms. The van der Waals surface area contributed by atoms with Gasteiger partial charge in [0.05, 0.1) is 26.8 Å². The van der Waals surface area contributed by atoms with Crippen molar-refractivity contribution in [2.75, 3.05) is 21.3 Å². The van der Waals surface area contributed by atoms with Gasteiger partial charge in [0.2, 0.25) is 0 Å². The Hall–Kier alpha value is -3.22. The summed E-state index contributed by atoms with van der Waals surface area (Å²) in [6.45, 7) is 0.267. The number of para-hydroxylation sites is 1. The van der Waals surface area contributed by atoms with Crippen LogP contribution in [0.5, 0.6) is 17.2 Å². The summed E-state index contributed by atoms with van der Waals surface area (Å²) < 4.78 is 15.9. The van der Waals surface area contributed by atoms with E-state index >= 15 is 0 Å². The van der Waals surface area contributed by atoms with Crippen LogP contribution in [0.3, 0.4) is 0 Å². The molecule has 1 aromatic heterocycles. The van der Waals surface area contributed by atoms with Crippen LogP contribution in [0.15, 0.2) is 36.4 Å². The molecule has 130 valence electrons. The molecular formula is C18H19N3O4. The number of rotatable bonds is 6. The molecule has 2 N–H and O–H groups in total. The Labute approximate surface area is 144 Å². The summed E-state index contributed by atoms with van der Waals surface area (Å²) in [4.78, 5) is 12.5. The number of methoxy groups -OCH3 is 3. The maximum Gasteiger partial charge on any atom is 0.272 e. The lowest BCUT2D eigenvalue weighted by Gasteiger charge is -2.14. The zero-order valence-electron chi connectivity index (χ0n) is 14.3. The molecule has 0 saturated heterocycles. The highest BCUT2D eigenvalue weighted by molar-refractivity contribution is 6.04. The number of ether oxygens (including phenoxy) is 3. The van der Waals surface area contributed by atoms with Gasteiger partial charge in [-0.3, -0.25) is 9.89 Å². The molecule has 2 aromatic carbocycles. The first-order chi connectivity index (χ1) is 12.2. The number of aromatic amines is 1. The maximum absolute atomic E-state index is 12.5. The third-order valence-corrected chi connectivity index (χ3v) is 3.91. The van der Waals surface area contributed by atoms with Crippen molar-refractivity contribution in [1.82, 2.24) is 15.5 Å². The predicted molar refractivity (Wildman–Crippen MR) is 93.4 cm³/mol. The summed E-state index contributed by atoms with van der Waals surface area (Å²) in [6.07, 6.45) is 0. The third kappa shape index (κ3) is 3.21. The number of carbonyl (C=O) groups excluding carboxylic acids is 1. The lowest BCUT2D eigenvalue weighted by molar-refractivity contribution is 0.0947. The van der Waals surface area contributed by atoms with Crippen LogP contribution in [0.25, 0.3) is 10.9 Å². The van der Waals surface area contributed by atoms with Crippen molar-refractivity contribution in [3.63, 3.8) is 0 Å². The monoisotopic (exact) mass is 341 g/mol. The van der Waals surface area contributed by atoms with E-state index in [1.165, 1.54) is 0 Å². The highest BCUT2D eigenvalue weighted by Gasteiger charge is 2.16. The lowest BCUT2D eigenvalue weighted by atomic mass is 10.1. The van der Waals surface area contributed by atoms with Gasteiger partial charge in [0, 0.05) is 23.6 Å². The number of nitrogens with one attached hydrogen (secondary N) is 2. The molecule has 1 heterocycles. The summed E-state index contributed by atoms with van der Waals surface area (Å²) in [5, 5.41) is 10.6. The van der Waals surface area contributed by atoms with Gasteiger partial charge in [-0.15, -0.1) is 0 Å². The SMILES string of the molecule is COc1cc(OC)c(OC)cc1CNC(=O)c1n[nH]c2ccccc12. The normalized spacial score (nSPS) is 10.5. The van der Waals surface area contributed by atoms with Crippen LogP contribution in [0.1, 0.15) is 16.1 Å². The first kappa shape index (κ1) is 16.6. The summed E-state index contributed by atoms with van der Waals surface area (Å²) in [7, 11) is 4.68. The lowest BCUT2D eigenvalue weighted by Crippen LogP contribution is -2.23. The van der Waals surface area contributed by atoms with Crippen LogP contribution >= 0.6 is 0 Å². The topological polar surface area (TPSA) is 85.5 Å². The number of hydrogen-bond acceptors (Lipinski definition) is 5. The summed E-state index contributed by atoms with van der Waals surface area (Å²) in [5.41, 5.74) is 1.94. The van der Waals surface area contributed by atoms with Crippen LogP contribution < -0.4 is 19.5 Å². The molecule has 7 nitrogen and oxygen atoms in total. The minimum absolute atomic E-state index is 0.267. The molecule has 0 atom stereocenters. The molecule has 0 aliphatic rings. The molecule has 0 unspecified atom stereocenters. The third-order valence-electron chi connectivity index (χ3n) is 3.91. The Bertz CT molecular complexity index is 904. The van der Waals surface area contributed by atoms with Crippen LogP contribution in [0.2, 0.25) is 0 Å². The largest absolute Gasteiger partial charge is 0.496 e. The standard InChI is InChI=1S/C18H19N3O4/c1-23-14-9-16(25-3)15(24-2)8-11(14)10-19-18(22)17-12-6-4-5-7-13(12)20-21-17/h4-9H,10H2,1-3H3,(H,19,22)(H,20,21). The number of hydrogen-bond donors (Lipinski definition) is 2. The van der Waals surface area contributed by atoms with Crippen molar-refractivity contribution < 1.29 is 19.0 Å². The van der Waals surface area contributed by atoms with E-state index in [4.69, 9.17) is 14.2 Å². The van der Waals surface area contributed by atoms with Crippen molar-refractivity contribution in [1.29, 1.82) is 0 Å². The van der Waals surface area contributed by atoms with E-state index in [2.05, 4.69) is 15.5 Å². The Morgan fingerprint density at radius 2 is 1.72 bits per heavy atom. The molecule has 0 fully saturated rings. The van der Waals surface area contributed by atoms with E-state index in [0.29, 0.717) is 22.9 Å². The summed E-state index contributed by atoms with van der Waals surface area (Å²) in [6, 6.07) is 11.0. The van der Waals surface area contributed by atoms with E-state index in [-0.39, 0.29) is 12.5 Å². The van der Waals surface area contributed by atoms with Crippen LogP contribution in [-0.2, 0) is 6.54 Å². The number of benzene rings is 2. The molecule has 3 rings (SSSR count). The molecule has 0 bridgehead atoms. The Morgan fingerprint density at radius 3 is 2.44 bits per heavy atom. The fraction of sp³-hybridized carbons (Fsp3) is 0.222. The first-order valence-electron chi connectivity index (χ1n) is 7.68. The average molecular weight is 341 g/mol. The van der Waals surface area contributed by atoms with Crippen molar-refractivity contribution in [2.45, 2.75) is 6.54 Å². The van der Waals surface area contributed by atoms with Gasteiger partial charge in [-0.2, -0.15) is 5.10 Å². The van der Waals surface area contributed by atoms with Gasteiger partial charge in [-0.1, -0.05) is 18.2 Å². The van der Waals surface area contributed by atoms with Gasteiger partial charge in [-0.25, -0.2) is 0 Å². The van der Waals surface area contributed by atoms with Gasteiger partial charge < -0.3 is 19.5 Å². The Balaban J connectivity index is 1.82. The van der Waals surface area contributed by atoms with Crippen LogP contribution in [-0.4, -0.2) is 37.4 Å². The Morgan fingerprint density at radius 1 is 1.04 bits per heavy atom. The highest BCUT2D eigenvalue weighted by Crippen LogP contribution is 2.34. The maximum atomic E-state index is 12.5. The number of fused-ring (bicyclic) bond motifs is 1. The number of amides is 1. The average Bonchev–Trinajstić information content (AvgIpc) is 3.09. The predicted octanol–water partition coefficient (Wildman–Crippen LogP) is 2.52. The summed E-state index contributed by atoms with van der Waals surface area (Å²) in [5.74, 6) is 1.46. The van der Waals surface area contributed by atoms with Crippen molar-refractivity contribution in [3.05, 3.63) is 47.7 Å². The summed E-state index contributed by atoms with van der Waals surface area (Å²) >= 11 is 0. The van der Waals surface area contributed by atoms with E-state index < -0.39 is 0 Å². The molecule has 3 aromatic rings. The van der Waals surface area contributed by atoms with Gasteiger partial charge in [0.15, 0.2) is 17.2 Å². The first-order valence-corrected chi connectivity index (χ1v) is 7.68. The second-order valence-electron chi connectivity index (χ2n) is 5.32. The Kier molecular flexibility index (Phi) is 4.74. The number of nitrogens with zero attached hydrogens (tertiary/aromatic N) is 1. The fourth-order valence-corrected chi connectivity index (χ4v) is 2.63. The number of H-pyrrole nitrogens is 1. The van der Waals surface area contributed by atoms with E-state index in [1.54, 1.807) is 33.5 Å². The van der Waals surface area contributed by atoms with Gasteiger partial charge >= 0.3 is 0 Å². The quantitative estimate of drug-likeness (QED) is 0.719. The van der Waals surface area contributed by atoms with Gasteiger partial charge in [0.25, 0.3) is 5.91 Å². The minimum atomic E-state index is -0.269. The second-order valence-corrected chi connectivity index (χ2v) is 5.32. The molecule has 25 heavy (non-hydrogen) atoms. The van der Waals surface area contributed by atoms with Gasteiger partial charge in [0.1, 0.15) is 5.75 Å². The molecule has 0 radical (unpaired) electrons. The minimum Gasteiger partial charge on any atom is -0.496 e. The van der Waals surface area contributed by atoms with Crippen LogP contribution in [0, 0.1) is 0 Å². The molecular weight excluding hydrogens is 322 g/mol. The molecule has 0 aliphatic heterocycles. The van der Waals surface area contributed by atoms with Crippen molar-refractivity contribution in [3.8, 4) is 17.2 Å². The van der Waals surface area contributed by atoms with E-state index in [1.807, 2.05) is 24.3 Å². The number of carbonyl (C=O) groups is 1. The van der Waals surface area contributed by atoms with Crippen molar-refractivity contribution >= 4 is 16.8 Å². The van der Waals surface area contributed by atoms with Crippen molar-refractivity contribution in [2.24, 2.45) is 0 Å². The zero-order chi connectivity index (χ0) is 17.8. The van der Waals surface area contributed by atoms with E-state index in [0.717, 1.165) is 16.5 Å². The smallest absolute Gasteiger partial charge is 0.272 e. The van der Waals surface area contributed by atoms with Gasteiger partial charge in [-0.05, 0) is 12.1 Å². The second kappa shape index (κ2) is 7.12. The highest BCUT2D eigenvalue weighted by atomic mass is 16.5. The molecule has 1 amide bonds. The van der Waals surface area contributed by atoms with Crippen LogP contribution in [0.4, 0.5) is 0 Å². The zero-order valence-corrected chi connectivity index (χ0v) is 14.3.